The van der Waals surface area contributed by atoms with Crippen LogP contribution in [-0.4, -0.2) is 80.0 Å². The van der Waals surface area contributed by atoms with E-state index in [1.165, 1.54) is 12.0 Å². The molecule has 0 aliphatic carbocycles. The fourth-order valence-electron chi connectivity index (χ4n) is 2.74. The van der Waals surface area contributed by atoms with Gasteiger partial charge < -0.3 is 19.1 Å². The molecule has 0 radical (unpaired) electrons. The molecule has 2 fully saturated rings. The maximum atomic E-state index is 12.3. The highest BCUT2D eigenvalue weighted by Gasteiger charge is 2.34. The molecule has 0 spiro atoms. The first-order valence-electron chi connectivity index (χ1n) is 8.91. The van der Waals surface area contributed by atoms with Crippen molar-refractivity contribution >= 4 is 34.9 Å². The number of rotatable bonds is 7. The molecule has 28 heavy (non-hydrogen) atoms. The Morgan fingerprint density at radius 1 is 1.21 bits per heavy atom. The van der Waals surface area contributed by atoms with Crippen molar-refractivity contribution in [1.82, 2.24) is 9.80 Å². The zero-order valence-corrected chi connectivity index (χ0v) is 16.4. The van der Waals surface area contributed by atoms with Crippen LogP contribution in [0.15, 0.2) is 29.2 Å². The number of ether oxygens (including phenoxy) is 3. The van der Waals surface area contributed by atoms with Crippen molar-refractivity contribution in [3.63, 3.8) is 0 Å². The van der Waals surface area contributed by atoms with E-state index in [-0.39, 0.29) is 30.2 Å². The molecule has 0 bridgehead atoms. The van der Waals surface area contributed by atoms with Crippen LogP contribution in [-0.2, 0) is 19.1 Å². The lowest BCUT2D eigenvalue weighted by molar-refractivity contribution is -0.137. The zero-order chi connectivity index (χ0) is 19.9. The maximum absolute atomic E-state index is 12.3. The molecule has 3 rings (SSSR count). The van der Waals surface area contributed by atoms with Gasteiger partial charge in [0, 0.05) is 20.2 Å². The molecule has 0 saturated carbocycles. The van der Waals surface area contributed by atoms with Crippen molar-refractivity contribution in [2.75, 3.05) is 53.2 Å². The lowest BCUT2D eigenvalue weighted by Crippen LogP contribution is -2.42. The van der Waals surface area contributed by atoms with Gasteiger partial charge in [-0.2, -0.15) is 0 Å². The standard InChI is InChI=1S/C19H22N2O6S/c1-25-9-8-21-18(23)16(28-19(21)24)12-14-2-4-15(5-3-14)27-13-17(22)20-6-10-26-11-7-20/h2-5,12H,6-11,13H2,1H3/b16-12+. The predicted molar refractivity (Wildman–Crippen MR) is 104 cm³/mol. The zero-order valence-electron chi connectivity index (χ0n) is 15.6. The maximum Gasteiger partial charge on any atom is 0.293 e. The van der Waals surface area contributed by atoms with Crippen molar-refractivity contribution in [2.24, 2.45) is 0 Å². The highest BCUT2D eigenvalue weighted by Crippen LogP contribution is 2.32. The SMILES string of the molecule is COCCN1C(=O)S/C(=C/c2ccc(OCC(=O)N3CCOCC3)cc2)C1=O. The number of amides is 3. The summed E-state index contributed by atoms with van der Waals surface area (Å²) in [5.74, 6) is 0.174. The van der Waals surface area contributed by atoms with Crippen LogP contribution < -0.4 is 4.74 Å². The predicted octanol–water partition coefficient (Wildman–Crippen LogP) is 1.61. The number of carbonyl (C=O) groups excluding carboxylic acids is 3. The summed E-state index contributed by atoms with van der Waals surface area (Å²) in [6.07, 6.45) is 1.67. The van der Waals surface area contributed by atoms with E-state index in [9.17, 15) is 14.4 Å². The summed E-state index contributed by atoms with van der Waals surface area (Å²) in [6.45, 7) is 2.79. The third-order valence-electron chi connectivity index (χ3n) is 4.30. The number of hydrogen-bond acceptors (Lipinski definition) is 7. The minimum atomic E-state index is -0.316. The second-order valence-electron chi connectivity index (χ2n) is 6.18. The van der Waals surface area contributed by atoms with E-state index in [1.54, 1.807) is 35.2 Å². The molecule has 150 valence electrons. The van der Waals surface area contributed by atoms with E-state index in [2.05, 4.69) is 0 Å². The van der Waals surface area contributed by atoms with E-state index in [1.807, 2.05) is 0 Å². The minimum Gasteiger partial charge on any atom is -0.484 e. The Kier molecular flexibility index (Phi) is 7.07. The molecule has 0 unspecified atom stereocenters. The Labute approximate surface area is 167 Å². The van der Waals surface area contributed by atoms with Crippen LogP contribution in [0.2, 0.25) is 0 Å². The van der Waals surface area contributed by atoms with Gasteiger partial charge in [-0.1, -0.05) is 12.1 Å². The van der Waals surface area contributed by atoms with Crippen LogP contribution in [0.5, 0.6) is 5.75 Å². The summed E-state index contributed by atoms with van der Waals surface area (Å²) in [5, 5.41) is -0.296. The Morgan fingerprint density at radius 3 is 2.61 bits per heavy atom. The summed E-state index contributed by atoms with van der Waals surface area (Å²) in [5.41, 5.74) is 0.768. The van der Waals surface area contributed by atoms with Gasteiger partial charge in [0.1, 0.15) is 5.75 Å². The lowest BCUT2D eigenvalue weighted by Gasteiger charge is -2.26. The van der Waals surface area contributed by atoms with Crippen LogP contribution in [0.25, 0.3) is 6.08 Å². The van der Waals surface area contributed by atoms with Crippen LogP contribution in [0.3, 0.4) is 0 Å². The lowest BCUT2D eigenvalue weighted by atomic mass is 10.2. The van der Waals surface area contributed by atoms with Crippen LogP contribution in [0.1, 0.15) is 5.56 Å². The first-order chi connectivity index (χ1) is 13.6. The number of thioether (sulfide) groups is 1. The second-order valence-corrected chi connectivity index (χ2v) is 7.17. The van der Waals surface area contributed by atoms with Gasteiger partial charge in [0.25, 0.3) is 17.1 Å². The summed E-state index contributed by atoms with van der Waals surface area (Å²) in [4.78, 5) is 39.6. The molecule has 0 atom stereocenters. The molecule has 3 amide bonds. The van der Waals surface area contributed by atoms with Crippen molar-refractivity contribution in [2.45, 2.75) is 0 Å². The number of benzene rings is 1. The fraction of sp³-hybridized carbons (Fsp3) is 0.421. The van der Waals surface area contributed by atoms with Gasteiger partial charge in [-0.3, -0.25) is 19.3 Å². The summed E-state index contributed by atoms with van der Waals surface area (Å²) in [6, 6.07) is 7.01. The second kappa shape index (κ2) is 9.72. The highest BCUT2D eigenvalue weighted by molar-refractivity contribution is 8.18. The van der Waals surface area contributed by atoms with E-state index < -0.39 is 0 Å². The van der Waals surface area contributed by atoms with Crippen molar-refractivity contribution in [3.05, 3.63) is 34.7 Å². The first-order valence-corrected chi connectivity index (χ1v) is 9.73. The monoisotopic (exact) mass is 406 g/mol. The Morgan fingerprint density at radius 2 is 1.93 bits per heavy atom. The molecule has 8 nitrogen and oxygen atoms in total. The molecule has 9 heteroatoms. The molecular weight excluding hydrogens is 384 g/mol. The van der Waals surface area contributed by atoms with E-state index >= 15 is 0 Å². The topological polar surface area (TPSA) is 85.4 Å². The van der Waals surface area contributed by atoms with Crippen molar-refractivity contribution in [3.8, 4) is 5.75 Å². The van der Waals surface area contributed by atoms with E-state index in [4.69, 9.17) is 14.2 Å². The highest BCUT2D eigenvalue weighted by atomic mass is 32.2. The third-order valence-corrected chi connectivity index (χ3v) is 5.20. The molecule has 1 aromatic carbocycles. The number of imide groups is 1. The summed E-state index contributed by atoms with van der Waals surface area (Å²) < 4.78 is 15.7. The third kappa shape index (κ3) is 5.12. The molecule has 2 heterocycles. The van der Waals surface area contributed by atoms with Gasteiger partial charge in [0.2, 0.25) is 0 Å². The number of carbonyl (C=O) groups is 3. The molecule has 2 saturated heterocycles. The largest absolute Gasteiger partial charge is 0.484 e. The van der Waals surface area contributed by atoms with Crippen molar-refractivity contribution < 1.29 is 28.6 Å². The number of hydrogen-bond donors (Lipinski definition) is 0. The van der Waals surface area contributed by atoms with Gasteiger partial charge >= 0.3 is 0 Å². The van der Waals surface area contributed by atoms with Gasteiger partial charge in [0.15, 0.2) is 6.61 Å². The van der Waals surface area contributed by atoms with Gasteiger partial charge in [-0.25, -0.2) is 0 Å². The Bertz CT molecular complexity index is 758. The Hall–Kier alpha value is -2.36. The quantitative estimate of drug-likeness (QED) is 0.636. The molecule has 0 N–H and O–H groups in total. The molecule has 1 aromatic rings. The van der Waals surface area contributed by atoms with Gasteiger partial charge in [-0.15, -0.1) is 0 Å². The van der Waals surface area contributed by atoms with E-state index in [0.29, 0.717) is 43.6 Å². The van der Waals surface area contributed by atoms with E-state index in [0.717, 1.165) is 17.3 Å². The molecule has 2 aliphatic heterocycles. The van der Waals surface area contributed by atoms with Crippen LogP contribution in [0, 0.1) is 0 Å². The van der Waals surface area contributed by atoms with Crippen molar-refractivity contribution in [1.29, 1.82) is 0 Å². The number of nitrogens with zero attached hydrogens (tertiary/aromatic N) is 2. The van der Waals surface area contributed by atoms with Crippen LogP contribution >= 0.6 is 11.8 Å². The molecule has 0 aromatic heterocycles. The first kappa shape index (κ1) is 20.4. The van der Waals surface area contributed by atoms with Gasteiger partial charge in [-0.05, 0) is 35.5 Å². The summed E-state index contributed by atoms with van der Waals surface area (Å²) >= 11 is 0.913. The summed E-state index contributed by atoms with van der Waals surface area (Å²) in [7, 11) is 1.52. The fourth-order valence-corrected chi connectivity index (χ4v) is 3.60. The van der Waals surface area contributed by atoms with Gasteiger partial charge in [0.05, 0.1) is 31.3 Å². The molecule has 2 aliphatic rings. The Balaban J connectivity index is 1.55. The number of methoxy groups -OCH3 is 1. The van der Waals surface area contributed by atoms with Crippen LogP contribution in [0.4, 0.5) is 4.79 Å². The average Bonchev–Trinajstić information content (AvgIpc) is 2.99. The number of morpholine rings is 1. The molecular formula is C19H22N2O6S. The normalized spacial score (nSPS) is 18.8. The minimum absolute atomic E-state index is 0.0300. The average molecular weight is 406 g/mol. The smallest absolute Gasteiger partial charge is 0.293 e.